The second-order valence-corrected chi connectivity index (χ2v) is 6.70. The topological polar surface area (TPSA) is 73.6 Å². The van der Waals surface area contributed by atoms with E-state index in [1.165, 1.54) is 5.56 Å². The molecule has 6 heteroatoms. The number of nitrogens with zero attached hydrogens (tertiary/aromatic N) is 1. The smallest absolute Gasteiger partial charge is 0.258 e. The highest BCUT2D eigenvalue weighted by Gasteiger charge is 2.09. The molecule has 28 heavy (non-hydrogen) atoms. The molecule has 2 aromatic carbocycles. The van der Waals surface area contributed by atoms with Crippen LogP contribution in [0.15, 0.2) is 59.1 Å². The molecule has 0 aliphatic rings. The molecule has 0 radical (unpaired) electrons. The van der Waals surface area contributed by atoms with Crippen molar-refractivity contribution in [1.82, 2.24) is 10.5 Å². The Morgan fingerprint density at radius 1 is 1.07 bits per heavy atom. The lowest BCUT2D eigenvalue weighted by atomic mass is 10.0. The van der Waals surface area contributed by atoms with Crippen LogP contribution >= 0.6 is 0 Å². The number of carbonyl (C=O) groups excluding carboxylic acids is 1. The second-order valence-electron chi connectivity index (χ2n) is 6.70. The van der Waals surface area contributed by atoms with Crippen molar-refractivity contribution >= 4 is 5.91 Å². The van der Waals surface area contributed by atoms with Gasteiger partial charge in [-0.1, -0.05) is 31.1 Å². The fraction of sp³-hybridized carbons (Fsp3) is 0.273. The normalized spacial score (nSPS) is 10.7. The summed E-state index contributed by atoms with van der Waals surface area (Å²) in [6.45, 7) is 4.49. The minimum atomic E-state index is -0.220. The molecule has 3 rings (SSSR count). The first-order valence-electron chi connectivity index (χ1n) is 9.14. The average molecular weight is 380 g/mol. The Morgan fingerprint density at radius 2 is 1.75 bits per heavy atom. The third kappa shape index (κ3) is 5.13. The average Bonchev–Trinajstić information content (AvgIpc) is 3.20. The van der Waals surface area contributed by atoms with E-state index in [0.717, 1.165) is 11.3 Å². The first-order valence-corrected chi connectivity index (χ1v) is 9.14. The van der Waals surface area contributed by atoms with Crippen LogP contribution in [0.2, 0.25) is 0 Å². The maximum absolute atomic E-state index is 12.0. The molecule has 1 N–H and O–H groups in total. The van der Waals surface area contributed by atoms with Crippen molar-refractivity contribution < 1.29 is 18.8 Å². The number of nitrogens with one attached hydrogen (secondary N) is 1. The van der Waals surface area contributed by atoms with Crippen LogP contribution in [0.5, 0.6) is 11.5 Å². The molecule has 0 saturated carbocycles. The highest BCUT2D eigenvalue weighted by atomic mass is 16.5. The molecule has 6 nitrogen and oxygen atoms in total. The number of carbonyl (C=O) groups is 1. The lowest BCUT2D eigenvalue weighted by Gasteiger charge is -2.09. The Morgan fingerprint density at radius 3 is 2.39 bits per heavy atom. The van der Waals surface area contributed by atoms with E-state index in [-0.39, 0.29) is 19.1 Å². The van der Waals surface area contributed by atoms with Gasteiger partial charge in [0.1, 0.15) is 17.2 Å². The quantitative estimate of drug-likeness (QED) is 0.635. The third-order valence-corrected chi connectivity index (χ3v) is 4.32. The van der Waals surface area contributed by atoms with Crippen LogP contribution in [0.3, 0.4) is 0 Å². The molecule has 146 valence electrons. The Bertz CT molecular complexity index is 899. The summed E-state index contributed by atoms with van der Waals surface area (Å²) >= 11 is 0. The largest absolute Gasteiger partial charge is 0.497 e. The van der Waals surface area contributed by atoms with Gasteiger partial charge in [0.25, 0.3) is 5.91 Å². The Hall–Kier alpha value is -3.28. The van der Waals surface area contributed by atoms with Gasteiger partial charge in [0.05, 0.1) is 13.7 Å². The van der Waals surface area contributed by atoms with Crippen LogP contribution in [0.4, 0.5) is 0 Å². The number of rotatable bonds is 8. The molecule has 0 aliphatic heterocycles. The van der Waals surface area contributed by atoms with Crippen molar-refractivity contribution in [2.75, 3.05) is 13.7 Å². The maximum Gasteiger partial charge on any atom is 0.258 e. The van der Waals surface area contributed by atoms with E-state index in [1.807, 2.05) is 48.5 Å². The fourth-order valence-electron chi connectivity index (χ4n) is 2.62. The van der Waals surface area contributed by atoms with Gasteiger partial charge < -0.3 is 19.3 Å². The lowest BCUT2D eigenvalue weighted by molar-refractivity contribution is -0.123. The summed E-state index contributed by atoms with van der Waals surface area (Å²) in [6, 6.07) is 17.0. The van der Waals surface area contributed by atoms with Crippen LogP contribution in [-0.4, -0.2) is 24.8 Å². The number of methoxy groups -OCH3 is 1. The van der Waals surface area contributed by atoms with Gasteiger partial charge in [-0.3, -0.25) is 4.79 Å². The second kappa shape index (κ2) is 9.08. The summed E-state index contributed by atoms with van der Waals surface area (Å²) in [5.41, 5.74) is 2.76. The number of aromatic nitrogens is 1. The van der Waals surface area contributed by atoms with Gasteiger partial charge in [0.15, 0.2) is 12.4 Å². The maximum atomic E-state index is 12.0. The summed E-state index contributed by atoms with van der Waals surface area (Å²) < 4.78 is 16.0. The van der Waals surface area contributed by atoms with Crippen LogP contribution in [0, 0.1) is 0 Å². The number of benzene rings is 2. The van der Waals surface area contributed by atoms with Gasteiger partial charge in [-0.2, -0.15) is 0 Å². The van der Waals surface area contributed by atoms with Crippen molar-refractivity contribution in [2.24, 2.45) is 0 Å². The van der Waals surface area contributed by atoms with E-state index < -0.39 is 0 Å². The van der Waals surface area contributed by atoms with Gasteiger partial charge in [0, 0.05) is 11.6 Å². The number of ether oxygens (including phenoxy) is 2. The Kier molecular flexibility index (Phi) is 6.32. The molecule has 0 spiro atoms. The van der Waals surface area contributed by atoms with Gasteiger partial charge in [-0.15, -0.1) is 0 Å². The zero-order valence-corrected chi connectivity index (χ0v) is 16.3. The molecule has 0 unspecified atom stereocenters. The monoisotopic (exact) mass is 380 g/mol. The van der Waals surface area contributed by atoms with Crippen molar-refractivity contribution in [3.8, 4) is 22.8 Å². The van der Waals surface area contributed by atoms with Crippen LogP contribution < -0.4 is 14.8 Å². The molecule has 0 bridgehead atoms. The van der Waals surface area contributed by atoms with E-state index in [9.17, 15) is 4.79 Å². The standard InChI is InChI=1S/C22H24N2O4/c1-15(2)16-4-10-20(11-5-16)27-14-22(25)23-13-18-12-21(28-24-18)17-6-8-19(26-3)9-7-17/h4-12,15H,13-14H2,1-3H3,(H,23,25). The molecule has 1 aromatic heterocycles. The van der Waals surface area contributed by atoms with E-state index in [1.54, 1.807) is 13.2 Å². The third-order valence-electron chi connectivity index (χ3n) is 4.32. The highest BCUT2D eigenvalue weighted by Crippen LogP contribution is 2.23. The van der Waals surface area contributed by atoms with Gasteiger partial charge >= 0.3 is 0 Å². The van der Waals surface area contributed by atoms with Crippen molar-refractivity contribution in [2.45, 2.75) is 26.3 Å². The summed E-state index contributed by atoms with van der Waals surface area (Å²) in [5, 5.41) is 6.77. The minimum Gasteiger partial charge on any atom is -0.497 e. The van der Waals surface area contributed by atoms with Gasteiger partial charge in [0.2, 0.25) is 0 Å². The highest BCUT2D eigenvalue weighted by molar-refractivity contribution is 5.77. The minimum absolute atomic E-state index is 0.0514. The molecule has 3 aromatic rings. The fourth-order valence-corrected chi connectivity index (χ4v) is 2.62. The van der Waals surface area contributed by atoms with Crippen molar-refractivity contribution in [3.05, 3.63) is 65.9 Å². The summed E-state index contributed by atoms with van der Waals surface area (Å²) in [7, 11) is 1.62. The van der Waals surface area contributed by atoms with Gasteiger partial charge in [-0.05, 0) is 47.9 Å². The predicted octanol–water partition coefficient (Wildman–Crippen LogP) is 4.17. The molecule has 0 saturated heterocycles. The zero-order valence-electron chi connectivity index (χ0n) is 16.3. The predicted molar refractivity (Wildman–Crippen MR) is 106 cm³/mol. The first-order chi connectivity index (χ1) is 13.5. The Balaban J connectivity index is 1.47. The van der Waals surface area contributed by atoms with Crippen LogP contribution in [0.25, 0.3) is 11.3 Å². The molecule has 0 fully saturated rings. The summed E-state index contributed by atoms with van der Waals surface area (Å²) in [5.74, 6) is 2.32. The first kappa shape index (κ1) is 19.5. The summed E-state index contributed by atoms with van der Waals surface area (Å²) in [6.07, 6.45) is 0. The van der Waals surface area contributed by atoms with E-state index >= 15 is 0 Å². The van der Waals surface area contributed by atoms with Crippen LogP contribution in [-0.2, 0) is 11.3 Å². The summed E-state index contributed by atoms with van der Waals surface area (Å²) in [4.78, 5) is 12.0. The molecule has 0 aliphatic carbocycles. The van der Waals surface area contributed by atoms with Crippen molar-refractivity contribution in [3.63, 3.8) is 0 Å². The molecule has 1 amide bonds. The van der Waals surface area contributed by atoms with E-state index in [0.29, 0.717) is 23.1 Å². The van der Waals surface area contributed by atoms with Crippen molar-refractivity contribution in [1.29, 1.82) is 0 Å². The molecule has 1 heterocycles. The number of hydrogen-bond acceptors (Lipinski definition) is 5. The van der Waals surface area contributed by atoms with E-state index in [4.69, 9.17) is 14.0 Å². The lowest BCUT2D eigenvalue weighted by Crippen LogP contribution is -2.28. The SMILES string of the molecule is COc1ccc(-c2cc(CNC(=O)COc3ccc(C(C)C)cc3)no2)cc1. The molecular weight excluding hydrogens is 356 g/mol. The molecular formula is C22H24N2O4. The zero-order chi connectivity index (χ0) is 19.9. The number of hydrogen-bond donors (Lipinski definition) is 1. The van der Waals surface area contributed by atoms with E-state index in [2.05, 4.69) is 24.3 Å². The Labute approximate surface area is 164 Å². The molecule has 0 atom stereocenters. The van der Waals surface area contributed by atoms with Gasteiger partial charge in [-0.25, -0.2) is 0 Å². The van der Waals surface area contributed by atoms with Crippen LogP contribution in [0.1, 0.15) is 31.0 Å². The number of amides is 1.